The molecule has 0 saturated heterocycles. The SMILES string of the molecule is CCC(COS(C)(=O)=O)c1ccc(Cl)cc1Cl. The van der Waals surface area contributed by atoms with E-state index in [1.807, 2.05) is 6.92 Å². The molecule has 6 heteroatoms. The van der Waals surface area contributed by atoms with Crippen molar-refractivity contribution in [2.24, 2.45) is 0 Å². The second-order valence-corrected chi connectivity index (χ2v) is 6.25. The van der Waals surface area contributed by atoms with Crippen LogP contribution in [0.2, 0.25) is 10.0 Å². The van der Waals surface area contributed by atoms with Crippen LogP contribution in [0.3, 0.4) is 0 Å². The Hall–Kier alpha value is -0.290. The predicted octanol–water partition coefficient (Wildman–Crippen LogP) is 3.46. The summed E-state index contributed by atoms with van der Waals surface area (Å²) in [6.07, 6.45) is 1.76. The number of rotatable bonds is 5. The summed E-state index contributed by atoms with van der Waals surface area (Å²) in [5, 5.41) is 1.08. The molecule has 3 nitrogen and oxygen atoms in total. The van der Waals surface area contributed by atoms with Crippen LogP contribution < -0.4 is 0 Å². The van der Waals surface area contributed by atoms with Crippen molar-refractivity contribution in [2.45, 2.75) is 19.3 Å². The Kier molecular flexibility index (Phi) is 5.25. The van der Waals surface area contributed by atoms with Gasteiger partial charge in [-0.15, -0.1) is 0 Å². The summed E-state index contributed by atoms with van der Waals surface area (Å²) in [5.74, 6) is -0.0607. The minimum atomic E-state index is -3.43. The second-order valence-electron chi connectivity index (χ2n) is 3.76. The Morgan fingerprint density at radius 3 is 2.47 bits per heavy atom. The van der Waals surface area contributed by atoms with E-state index in [2.05, 4.69) is 0 Å². The molecule has 0 aromatic heterocycles. The zero-order valence-corrected chi connectivity index (χ0v) is 11.9. The van der Waals surface area contributed by atoms with Crippen molar-refractivity contribution in [1.82, 2.24) is 0 Å². The molecular weight excluding hydrogens is 283 g/mol. The summed E-state index contributed by atoms with van der Waals surface area (Å²) in [6.45, 7) is 2.04. The van der Waals surface area contributed by atoms with E-state index in [-0.39, 0.29) is 12.5 Å². The van der Waals surface area contributed by atoms with Crippen molar-refractivity contribution in [2.75, 3.05) is 12.9 Å². The summed E-state index contributed by atoms with van der Waals surface area (Å²) < 4.78 is 26.7. The highest BCUT2D eigenvalue weighted by atomic mass is 35.5. The minimum absolute atomic E-state index is 0.0607. The normalized spacial score (nSPS) is 13.6. The van der Waals surface area contributed by atoms with E-state index < -0.39 is 10.1 Å². The molecule has 0 spiro atoms. The van der Waals surface area contributed by atoms with Gasteiger partial charge in [-0.2, -0.15) is 8.42 Å². The molecule has 1 aromatic rings. The van der Waals surface area contributed by atoms with Crippen LogP contribution in [-0.4, -0.2) is 21.3 Å². The lowest BCUT2D eigenvalue weighted by Crippen LogP contribution is -2.12. The molecule has 96 valence electrons. The molecule has 0 aliphatic heterocycles. The number of benzene rings is 1. The van der Waals surface area contributed by atoms with E-state index in [1.54, 1.807) is 18.2 Å². The molecule has 0 N–H and O–H groups in total. The molecule has 0 aliphatic rings. The number of hydrogen-bond donors (Lipinski definition) is 0. The third-order valence-electron chi connectivity index (χ3n) is 2.38. The first-order chi connectivity index (χ1) is 7.83. The van der Waals surface area contributed by atoms with Crippen molar-refractivity contribution < 1.29 is 12.6 Å². The average molecular weight is 297 g/mol. The molecular formula is C11H14Cl2O3S. The minimum Gasteiger partial charge on any atom is -0.270 e. The average Bonchev–Trinajstić information content (AvgIpc) is 2.19. The van der Waals surface area contributed by atoms with Gasteiger partial charge in [0.1, 0.15) is 0 Å². The lowest BCUT2D eigenvalue weighted by atomic mass is 9.97. The van der Waals surface area contributed by atoms with Crippen molar-refractivity contribution >= 4 is 33.3 Å². The largest absolute Gasteiger partial charge is 0.270 e. The zero-order chi connectivity index (χ0) is 13.1. The topological polar surface area (TPSA) is 43.4 Å². The van der Waals surface area contributed by atoms with E-state index in [0.717, 1.165) is 18.2 Å². The second kappa shape index (κ2) is 6.05. The molecule has 17 heavy (non-hydrogen) atoms. The van der Waals surface area contributed by atoms with Gasteiger partial charge in [0, 0.05) is 16.0 Å². The van der Waals surface area contributed by atoms with Crippen LogP contribution in [0.15, 0.2) is 18.2 Å². The highest BCUT2D eigenvalue weighted by Gasteiger charge is 2.16. The Balaban J connectivity index is 2.86. The van der Waals surface area contributed by atoms with Crippen LogP contribution in [0.1, 0.15) is 24.8 Å². The summed E-state index contributed by atoms with van der Waals surface area (Å²) in [7, 11) is -3.43. The fraction of sp³-hybridized carbons (Fsp3) is 0.455. The van der Waals surface area contributed by atoms with Crippen LogP contribution in [0, 0.1) is 0 Å². The maximum Gasteiger partial charge on any atom is 0.264 e. The van der Waals surface area contributed by atoms with Gasteiger partial charge in [-0.05, 0) is 24.1 Å². The van der Waals surface area contributed by atoms with E-state index in [4.69, 9.17) is 27.4 Å². The molecule has 0 bridgehead atoms. The van der Waals surface area contributed by atoms with Crippen LogP contribution >= 0.6 is 23.2 Å². The van der Waals surface area contributed by atoms with Crippen molar-refractivity contribution in [3.63, 3.8) is 0 Å². The van der Waals surface area contributed by atoms with Gasteiger partial charge in [0.05, 0.1) is 12.9 Å². The maximum atomic E-state index is 10.9. The summed E-state index contributed by atoms with van der Waals surface area (Å²) in [6, 6.07) is 5.16. The van der Waals surface area contributed by atoms with Crippen LogP contribution in [0.5, 0.6) is 0 Å². The highest BCUT2D eigenvalue weighted by molar-refractivity contribution is 7.85. The molecule has 0 radical (unpaired) electrons. The van der Waals surface area contributed by atoms with E-state index in [0.29, 0.717) is 10.0 Å². The van der Waals surface area contributed by atoms with Gasteiger partial charge in [-0.1, -0.05) is 36.2 Å². The first kappa shape index (κ1) is 14.8. The van der Waals surface area contributed by atoms with Crippen molar-refractivity contribution in [1.29, 1.82) is 0 Å². The maximum absolute atomic E-state index is 10.9. The van der Waals surface area contributed by atoms with Gasteiger partial charge in [-0.3, -0.25) is 4.18 Å². The standard InChI is InChI=1S/C11H14Cl2O3S/c1-3-8(7-16-17(2,14)15)10-5-4-9(12)6-11(10)13/h4-6,8H,3,7H2,1-2H3. The van der Waals surface area contributed by atoms with E-state index >= 15 is 0 Å². The summed E-state index contributed by atoms with van der Waals surface area (Å²) >= 11 is 11.9. The van der Waals surface area contributed by atoms with Crippen LogP contribution in [0.25, 0.3) is 0 Å². The van der Waals surface area contributed by atoms with Crippen LogP contribution in [-0.2, 0) is 14.3 Å². The van der Waals surface area contributed by atoms with Crippen molar-refractivity contribution in [3.8, 4) is 0 Å². The van der Waals surface area contributed by atoms with Gasteiger partial charge in [-0.25, -0.2) is 0 Å². The predicted molar refractivity (Wildman–Crippen MR) is 70.3 cm³/mol. The fourth-order valence-corrected chi connectivity index (χ4v) is 2.44. The first-order valence-electron chi connectivity index (χ1n) is 5.13. The van der Waals surface area contributed by atoms with E-state index in [1.165, 1.54) is 0 Å². The summed E-state index contributed by atoms with van der Waals surface area (Å²) in [4.78, 5) is 0. The Morgan fingerprint density at radius 2 is 2.00 bits per heavy atom. The van der Waals surface area contributed by atoms with Gasteiger partial charge in [0.15, 0.2) is 0 Å². The molecule has 1 aromatic carbocycles. The zero-order valence-electron chi connectivity index (χ0n) is 9.61. The monoisotopic (exact) mass is 296 g/mol. The quantitative estimate of drug-likeness (QED) is 0.782. The van der Waals surface area contributed by atoms with Crippen LogP contribution in [0.4, 0.5) is 0 Å². The van der Waals surface area contributed by atoms with Crippen molar-refractivity contribution in [3.05, 3.63) is 33.8 Å². The molecule has 0 heterocycles. The van der Waals surface area contributed by atoms with Gasteiger partial charge >= 0.3 is 0 Å². The van der Waals surface area contributed by atoms with Gasteiger partial charge < -0.3 is 0 Å². The lowest BCUT2D eigenvalue weighted by Gasteiger charge is -2.16. The molecule has 1 unspecified atom stereocenters. The molecule has 0 amide bonds. The van der Waals surface area contributed by atoms with Gasteiger partial charge in [0.25, 0.3) is 10.1 Å². The third-order valence-corrected chi connectivity index (χ3v) is 3.51. The molecule has 1 atom stereocenters. The molecule has 0 fully saturated rings. The number of halogens is 2. The summed E-state index contributed by atoms with van der Waals surface area (Å²) in [5.41, 5.74) is 0.849. The highest BCUT2D eigenvalue weighted by Crippen LogP contribution is 2.29. The fourth-order valence-electron chi connectivity index (χ4n) is 1.47. The Morgan fingerprint density at radius 1 is 1.35 bits per heavy atom. The molecule has 1 rings (SSSR count). The lowest BCUT2D eigenvalue weighted by molar-refractivity contribution is 0.291. The Labute approximate surface area is 112 Å². The number of hydrogen-bond acceptors (Lipinski definition) is 3. The smallest absolute Gasteiger partial charge is 0.264 e. The molecule has 0 saturated carbocycles. The third kappa shape index (κ3) is 4.84. The Bertz CT molecular complexity index is 485. The first-order valence-corrected chi connectivity index (χ1v) is 7.70. The molecule has 0 aliphatic carbocycles. The van der Waals surface area contributed by atoms with E-state index in [9.17, 15) is 8.42 Å². The van der Waals surface area contributed by atoms with Gasteiger partial charge in [0.2, 0.25) is 0 Å².